The zero-order valence-electron chi connectivity index (χ0n) is 11.0. The molecule has 0 N–H and O–H groups in total. The number of ether oxygens (including phenoxy) is 2. The van der Waals surface area contributed by atoms with E-state index in [9.17, 15) is 4.79 Å². The molecule has 2 atom stereocenters. The van der Waals surface area contributed by atoms with Crippen molar-refractivity contribution in [1.82, 2.24) is 0 Å². The Balaban J connectivity index is 2.19. The van der Waals surface area contributed by atoms with Crippen LogP contribution in [0.1, 0.15) is 37.2 Å². The van der Waals surface area contributed by atoms with Crippen molar-refractivity contribution in [2.75, 3.05) is 14.2 Å². The van der Waals surface area contributed by atoms with E-state index in [1.54, 1.807) is 7.11 Å². The molecule has 2 rings (SSSR count). The lowest BCUT2D eigenvalue weighted by Crippen LogP contribution is -2.26. The predicted octanol–water partition coefficient (Wildman–Crippen LogP) is 3.14. The van der Waals surface area contributed by atoms with E-state index >= 15 is 0 Å². The molecule has 0 spiro atoms. The van der Waals surface area contributed by atoms with Crippen LogP contribution in [0.25, 0.3) is 0 Å². The van der Waals surface area contributed by atoms with Crippen LogP contribution >= 0.6 is 0 Å². The van der Waals surface area contributed by atoms with Crippen molar-refractivity contribution in [2.45, 2.75) is 31.6 Å². The maximum atomic E-state index is 11.8. The fourth-order valence-corrected chi connectivity index (χ4v) is 2.81. The normalized spacial score (nSPS) is 23.4. The number of carbonyl (C=O) groups is 1. The highest BCUT2D eigenvalue weighted by molar-refractivity contribution is 5.73. The highest BCUT2D eigenvalue weighted by Gasteiger charge is 2.32. The van der Waals surface area contributed by atoms with Crippen LogP contribution in [0.5, 0.6) is 5.75 Å². The molecule has 1 aromatic rings. The fraction of sp³-hybridized carbons (Fsp3) is 0.533. The van der Waals surface area contributed by atoms with E-state index in [-0.39, 0.29) is 17.8 Å². The van der Waals surface area contributed by atoms with Gasteiger partial charge in [-0.2, -0.15) is 0 Å². The molecule has 18 heavy (non-hydrogen) atoms. The lowest BCUT2D eigenvalue weighted by atomic mass is 9.75. The van der Waals surface area contributed by atoms with Gasteiger partial charge >= 0.3 is 5.97 Å². The molecule has 1 aliphatic carbocycles. The molecule has 98 valence electrons. The van der Waals surface area contributed by atoms with Gasteiger partial charge in [0.25, 0.3) is 0 Å². The van der Waals surface area contributed by atoms with E-state index in [1.165, 1.54) is 19.1 Å². The van der Waals surface area contributed by atoms with Gasteiger partial charge in [0.1, 0.15) is 5.75 Å². The average Bonchev–Trinajstić information content (AvgIpc) is 2.46. The van der Waals surface area contributed by atoms with Gasteiger partial charge in [-0.1, -0.05) is 25.0 Å². The summed E-state index contributed by atoms with van der Waals surface area (Å²) in [7, 11) is 3.13. The molecule has 0 saturated heterocycles. The molecule has 0 aromatic heterocycles. The Bertz CT molecular complexity index is 397. The predicted molar refractivity (Wildman–Crippen MR) is 69.7 cm³/mol. The molecule has 1 fully saturated rings. The highest BCUT2D eigenvalue weighted by atomic mass is 16.5. The van der Waals surface area contributed by atoms with Crippen LogP contribution in [0.2, 0.25) is 0 Å². The fourth-order valence-electron chi connectivity index (χ4n) is 2.81. The third kappa shape index (κ3) is 2.66. The third-order valence-electron chi connectivity index (χ3n) is 3.81. The Hall–Kier alpha value is -1.51. The van der Waals surface area contributed by atoms with Crippen LogP contribution in [-0.2, 0) is 9.53 Å². The summed E-state index contributed by atoms with van der Waals surface area (Å²) < 4.78 is 10.1. The van der Waals surface area contributed by atoms with Crippen molar-refractivity contribution < 1.29 is 14.3 Å². The first-order valence-corrected chi connectivity index (χ1v) is 6.48. The molecular weight excluding hydrogens is 228 g/mol. The van der Waals surface area contributed by atoms with E-state index < -0.39 is 0 Å². The van der Waals surface area contributed by atoms with Gasteiger partial charge in [-0.15, -0.1) is 0 Å². The summed E-state index contributed by atoms with van der Waals surface area (Å²) in [5.41, 5.74) is 1.21. The second-order valence-corrected chi connectivity index (χ2v) is 4.79. The summed E-state index contributed by atoms with van der Waals surface area (Å²) in [4.78, 5) is 11.8. The van der Waals surface area contributed by atoms with Crippen molar-refractivity contribution in [2.24, 2.45) is 5.92 Å². The SMILES string of the molecule is COC(=O)C1CCCCC1c1ccc(OC)cc1. The van der Waals surface area contributed by atoms with Gasteiger partial charge in [-0.3, -0.25) is 4.79 Å². The second kappa shape index (κ2) is 5.89. The van der Waals surface area contributed by atoms with E-state index in [0.29, 0.717) is 0 Å². The van der Waals surface area contributed by atoms with Crippen LogP contribution in [0.4, 0.5) is 0 Å². The molecule has 0 amide bonds. The molecule has 0 bridgehead atoms. The summed E-state index contributed by atoms with van der Waals surface area (Å²) in [5.74, 6) is 1.08. The molecule has 1 aliphatic rings. The summed E-state index contributed by atoms with van der Waals surface area (Å²) in [6, 6.07) is 8.03. The highest BCUT2D eigenvalue weighted by Crippen LogP contribution is 2.38. The van der Waals surface area contributed by atoms with Crippen molar-refractivity contribution in [3.8, 4) is 5.75 Å². The topological polar surface area (TPSA) is 35.5 Å². The molecule has 0 aliphatic heterocycles. The molecule has 0 radical (unpaired) electrons. The number of carbonyl (C=O) groups excluding carboxylic acids is 1. The van der Waals surface area contributed by atoms with E-state index in [2.05, 4.69) is 12.1 Å². The number of hydrogen-bond donors (Lipinski definition) is 0. The summed E-state index contributed by atoms with van der Waals surface area (Å²) in [6.07, 6.45) is 4.30. The van der Waals surface area contributed by atoms with Crippen molar-refractivity contribution >= 4 is 5.97 Å². The van der Waals surface area contributed by atoms with Gasteiger partial charge < -0.3 is 9.47 Å². The van der Waals surface area contributed by atoms with Crippen LogP contribution in [0.3, 0.4) is 0 Å². The van der Waals surface area contributed by atoms with Crippen LogP contribution < -0.4 is 4.74 Å². The Morgan fingerprint density at radius 1 is 1.11 bits per heavy atom. The van der Waals surface area contributed by atoms with Gasteiger partial charge in [0.2, 0.25) is 0 Å². The Kier molecular flexibility index (Phi) is 4.24. The molecule has 1 saturated carbocycles. The van der Waals surface area contributed by atoms with Crippen molar-refractivity contribution in [3.63, 3.8) is 0 Å². The monoisotopic (exact) mass is 248 g/mol. The first kappa shape index (κ1) is 12.9. The minimum absolute atomic E-state index is 0.0112. The third-order valence-corrected chi connectivity index (χ3v) is 3.81. The van der Waals surface area contributed by atoms with Gasteiger partial charge in [-0.05, 0) is 36.5 Å². The van der Waals surface area contributed by atoms with Gasteiger partial charge in [0.05, 0.1) is 20.1 Å². The van der Waals surface area contributed by atoms with Gasteiger partial charge in [-0.25, -0.2) is 0 Å². The molecule has 2 unspecified atom stereocenters. The number of esters is 1. The number of benzene rings is 1. The van der Waals surface area contributed by atoms with Crippen LogP contribution in [0, 0.1) is 5.92 Å². The number of methoxy groups -OCH3 is 2. The minimum Gasteiger partial charge on any atom is -0.497 e. The first-order valence-electron chi connectivity index (χ1n) is 6.48. The standard InChI is InChI=1S/C15H20O3/c1-17-12-9-7-11(8-10-12)13-5-3-4-6-14(13)15(16)18-2/h7-10,13-14H,3-6H2,1-2H3. The maximum absolute atomic E-state index is 11.8. The van der Waals surface area contributed by atoms with Gasteiger partial charge in [0.15, 0.2) is 0 Å². The largest absolute Gasteiger partial charge is 0.497 e. The Morgan fingerprint density at radius 2 is 1.78 bits per heavy atom. The van der Waals surface area contributed by atoms with Crippen LogP contribution in [-0.4, -0.2) is 20.2 Å². The first-order chi connectivity index (χ1) is 8.76. The van der Waals surface area contributed by atoms with E-state index in [0.717, 1.165) is 25.0 Å². The quantitative estimate of drug-likeness (QED) is 0.771. The van der Waals surface area contributed by atoms with Gasteiger partial charge in [0, 0.05) is 0 Å². The molecule has 3 heteroatoms. The average molecular weight is 248 g/mol. The minimum atomic E-state index is -0.0736. The van der Waals surface area contributed by atoms with Crippen LogP contribution in [0.15, 0.2) is 24.3 Å². The zero-order chi connectivity index (χ0) is 13.0. The van der Waals surface area contributed by atoms with E-state index in [4.69, 9.17) is 9.47 Å². The Labute approximate surface area is 108 Å². The lowest BCUT2D eigenvalue weighted by molar-refractivity contribution is -0.147. The zero-order valence-corrected chi connectivity index (χ0v) is 11.0. The lowest BCUT2D eigenvalue weighted by Gasteiger charge is -2.29. The summed E-state index contributed by atoms with van der Waals surface area (Å²) >= 11 is 0. The van der Waals surface area contributed by atoms with Crippen molar-refractivity contribution in [3.05, 3.63) is 29.8 Å². The number of rotatable bonds is 3. The second-order valence-electron chi connectivity index (χ2n) is 4.79. The molecule has 3 nitrogen and oxygen atoms in total. The maximum Gasteiger partial charge on any atom is 0.309 e. The van der Waals surface area contributed by atoms with Crippen molar-refractivity contribution in [1.29, 1.82) is 0 Å². The molecule has 0 heterocycles. The molecular formula is C15H20O3. The smallest absolute Gasteiger partial charge is 0.309 e. The van der Waals surface area contributed by atoms with E-state index in [1.807, 2.05) is 12.1 Å². The molecule has 1 aromatic carbocycles. The summed E-state index contributed by atoms with van der Waals surface area (Å²) in [6.45, 7) is 0. The number of hydrogen-bond acceptors (Lipinski definition) is 3. The Morgan fingerprint density at radius 3 is 2.39 bits per heavy atom. The summed E-state index contributed by atoms with van der Waals surface area (Å²) in [5, 5.41) is 0.